The molecule has 2 atom stereocenters. The summed E-state index contributed by atoms with van der Waals surface area (Å²) in [5.41, 5.74) is 1.12. The van der Waals surface area contributed by atoms with Crippen molar-refractivity contribution in [2.45, 2.75) is 45.7 Å². The molecule has 23 heavy (non-hydrogen) atoms. The van der Waals surface area contributed by atoms with Crippen LogP contribution in [-0.4, -0.2) is 42.3 Å². The molecule has 1 aliphatic rings. The molecule has 128 valence electrons. The topological polar surface area (TPSA) is 59.0 Å². The van der Waals surface area contributed by atoms with Crippen LogP contribution in [0.25, 0.3) is 0 Å². The van der Waals surface area contributed by atoms with Crippen molar-refractivity contribution in [1.29, 1.82) is 0 Å². The van der Waals surface area contributed by atoms with Gasteiger partial charge in [0, 0.05) is 19.1 Å². The van der Waals surface area contributed by atoms with Gasteiger partial charge in [-0.1, -0.05) is 13.0 Å². The zero-order chi connectivity index (χ0) is 16.8. The number of piperidine rings is 1. The van der Waals surface area contributed by atoms with Gasteiger partial charge in [0.15, 0.2) is 11.5 Å². The molecule has 1 aliphatic heterocycles. The summed E-state index contributed by atoms with van der Waals surface area (Å²) in [6, 6.07) is 6.34. The first-order valence-corrected chi connectivity index (χ1v) is 8.31. The SMILES string of the molecule is CCCOc1cc(CN2CC(C(=O)O)CCC2C)ccc1OC. The standard InChI is InChI=1S/C18H27NO4/c1-4-9-23-17-10-14(6-8-16(17)22-3)11-19-12-15(18(20)21)7-5-13(19)2/h6,8,10,13,15H,4-5,7,9,11-12H2,1-3H3,(H,20,21). The van der Waals surface area contributed by atoms with Crippen LogP contribution in [0.2, 0.25) is 0 Å². The van der Waals surface area contributed by atoms with Gasteiger partial charge in [0.1, 0.15) is 0 Å². The van der Waals surface area contributed by atoms with E-state index in [1.807, 2.05) is 18.2 Å². The van der Waals surface area contributed by atoms with Crippen molar-refractivity contribution < 1.29 is 19.4 Å². The van der Waals surface area contributed by atoms with E-state index in [1.165, 1.54) is 0 Å². The molecule has 2 unspecified atom stereocenters. The van der Waals surface area contributed by atoms with Crippen LogP contribution in [0.5, 0.6) is 11.5 Å². The van der Waals surface area contributed by atoms with Gasteiger partial charge in [0.05, 0.1) is 19.6 Å². The summed E-state index contributed by atoms with van der Waals surface area (Å²) in [6.07, 6.45) is 2.63. The summed E-state index contributed by atoms with van der Waals surface area (Å²) in [5.74, 6) is 0.535. The van der Waals surface area contributed by atoms with Gasteiger partial charge in [0.2, 0.25) is 0 Å². The molecule has 2 rings (SSSR count). The third-order valence-corrected chi connectivity index (χ3v) is 4.44. The van der Waals surface area contributed by atoms with E-state index < -0.39 is 5.97 Å². The maximum atomic E-state index is 11.3. The van der Waals surface area contributed by atoms with E-state index in [-0.39, 0.29) is 5.92 Å². The molecule has 5 nitrogen and oxygen atoms in total. The molecule has 0 aliphatic carbocycles. The summed E-state index contributed by atoms with van der Waals surface area (Å²) in [7, 11) is 1.64. The highest BCUT2D eigenvalue weighted by Crippen LogP contribution is 2.30. The quantitative estimate of drug-likeness (QED) is 0.836. The molecule has 0 radical (unpaired) electrons. The number of carboxylic acids is 1. The molecule has 1 N–H and O–H groups in total. The van der Waals surface area contributed by atoms with Gasteiger partial charge in [0.25, 0.3) is 0 Å². The number of hydrogen-bond acceptors (Lipinski definition) is 4. The van der Waals surface area contributed by atoms with E-state index in [4.69, 9.17) is 9.47 Å². The predicted octanol–water partition coefficient (Wildman–Crippen LogP) is 3.17. The minimum absolute atomic E-state index is 0.264. The van der Waals surface area contributed by atoms with Crippen molar-refractivity contribution in [2.24, 2.45) is 5.92 Å². The Morgan fingerprint density at radius 1 is 1.35 bits per heavy atom. The Morgan fingerprint density at radius 2 is 2.13 bits per heavy atom. The minimum Gasteiger partial charge on any atom is -0.493 e. The first kappa shape index (κ1) is 17.6. The van der Waals surface area contributed by atoms with E-state index in [0.717, 1.165) is 42.9 Å². The first-order valence-electron chi connectivity index (χ1n) is 8.31. The van der Waals surface area contributed by atoms with Crippen LogP contribution in [0.4, 0.5) is 0 Å². The Morgan fingerprint density at radius 3 is 2.78 bits per heavy atom. The molecule has 0 aromatic heterocycles. The number of likely N-dealkylation sites (tertiary alicyclic amines) is 1. The van der Waals surface area contributed by atoms with Crippen molar-refractivity contribution >= 4 is 5.97 Å². The smallest absolute Gasteiger partial charge is 0.307 e. The molecule has 0 bridgehead atoms. The monoisotopic (exact) mass is 321 g/mol. The zero-order valence-corrected chi connectivity index (χ0v) is 14.2. The van der Waals surface area contributed by atoms with Gasteiger partial charge in [-0.2, -0.15) is 0 Å². The highest BCUT2D eigenvalue weighted by molar-refractivity contribution is 5.70. The number of nitrogens with zero attached hydrogens (tertiary/aromatic N) is 1. The maximum Gasteiger partial charge on any atom is 0.307 e. The third kappa shape index (κ3) is 4.61. The van der Waals surface area contributed by atoms with Crippen molar-refractivity contribution in [1.82, 2.24) is 4.90 Å². The lowest BCUT2D eigenvalue weighted by atomic mass is 9.93. The molecule has 1 fully saturated rings. The Labute approximate surface area is 138 Å². The molecular weight excluding hydrogens is 294 g/mol. The van der Waals surface area contributed by atoms with Crippen molar-refractivity contribution in [2.75, 3.05) is 20.3 Å². The van der Waals surface area contributed by atoms with Gasteiger partial charge in [-0.3, -0.25) is 9.69 Å². The molecule has 1 saturated heterocycles. The Balaban J connectivity index is 2.10. The van der Waals surface area contributed by atoms with E-state index in [9.17, 15) is 9.90 Å². The normalized spacial score (nSPS) is 21.9. The number of rotatable bonds is 7. The first-order chi connectivity index (χ1) is 11.0. The summed E-state index contributed by atoms with van der Waals surface area (Å²) < 4.78 is 11.1. The highest BCUT2D eigenvalue weighted by atomic mass is 16.5. The van der Waals surface area contributed by atoms with E-state index >= 15 is 0 Å². The van der Waals surface area contributed by atoms with Gasteiger partial charge < -0.3 is 14.6 Å². The van der Waals surface area contributed by atoms with E-state index in [0.29, 0.717) is 19.2 Å². The third-order valence-electron chi connectivity index (χ3n) is 4.44. The maximum absolute atomic E-state index is 11.3. The zero-order valence-electron chi connectivity index (χ0n) is 14.2. The van der Waals surface area contributed by atoms with E-state index in [1.54, 1.807) is 7.11 Å². The fourth-order valence-electron chi connectivity index (χ4n) is 2.98. The Hall–Kier alpha value is -1.75. The Kier molecular flexibility index (Phi) is 6.28. The van der Waals surface area contributed by atoms with Crippen molar-refractivity contribution in [3.05, 3.63) is 23.8 Å². The number of hydrogen-bond donors (Lipinski definition) is 1. The van der Waals surface area contributed by atoms with Crippen LogP contribution >= 0.6 is 0 Å². The Bertz CT molecular complexity index is 532. The lowest BCUT2D eigenvalue weighted by Crippen LogP contribution is -2.43. The number of aliphatic carboxylic acids is 1. The fourth-order valence-corrected chi connectivity index (χ4v) is 2.98. The molecule has 5 heteroatoms. The fraction of sp³-hybridized carbons (Fsp3) is 0.611. The largest absolute Gasteiger partial charge is 0.493 e. The molecule has 1 aromatic carbocycles. The average Bonchev–Trinajstić information content (AvgIpc) is 2.55. The second kappa shape index (κ2) is 8.20. The summed E-state index contributed by atoms with van der Waals surface area (Å²) >= 11 is 0. The van der Waals surface area contributed by atoms with E-state index in [2.05, 4.69) is 18.7 Å². The van der Waals surface area contributed by atoms with Crippen LogP contribution in [0.15, 0.2) is 18.2 Å². The van der Waals surface area contributed by atoms with Gasteiger partial charge in [-0.15, -0.1) is 0 Å². The lowest BCUT2D eigenvalue weighted by Gasteiger charge is -2.36. The number of methoxy groups -OCH3 is 1. The molecule has 0 amide bonds. The average molecular weight is 321 g/mol. The predicted molar refractivity (Wildman–Crippen MR) is 89.0 cm³/mol. The van der Waals surface area contributed by atoms with Crippen LogP contribution < -0.4 is 9.47 Å². The molecule has 1 aromatic rings. The minimum atomic E-state index is -0.691. The second-order valence-electron chi connectivity index (χ2n) is 6.22. The van der Waals surface area contributed by atoms with Crippen LogP contribution in [0.3, 0.4) is 0 Å². The summed E-state index contributed by atoms with van der Waals surface area (Å²) in [5, 5.41) is 9.25. The lowest BCUT2D eigenvalue weighted by molar-refractivity contribution is -0.144. The van der Waals surface area contributed by atoms with Gasteiger partial charge >= 0.3 is 5.97 Å². The number of carboxylic acid groups (broad SMARTS) is 1. The van der Waals surface area contributed by atoms with Gasteiger partial charge in [-0.25, -0.2) is 0 Å². The number of benzene rings is 1. The molecular formula is C18H27NO4. The van der Waals surface area contributed by atoms with Crippen molar-refractivity contribution in [3.8, 4) is 11.5 Å². The summed E-state index contributed by atoms with van der Waals surface area (Å²) in [4.78, 5) is 13.5. The van der Waals surface area contributed by atoms with Crippen LogP contribution in [-0.2, 0) is 11.3 Å². The molecule has 0 spiro atoms. The van der Waals surface area contributed by atoms with Gasteiger partial charge in [-0.05, 0) is 43.9 Å². The second-order valence-corrected chi connectivity index (χ2v) is 6.22. The van der Waals surface area contributed by atoms with Crippen LogP contribution in [0.1, 0.15) is 38.7 Å². The van der Waals surface area contributed by atoms with Crippen molar-refractivity contribution in [3.63, 3.8) is 0 Å². The number of carbonyl (C=O) groups is 1. The summed E-state index contributed by atoms with van der Waals surface area (Å²) in [6.45, 7) is 6.22. The highest BCUT2D eigenvalue weighted by Gasteiger charge is 2.29. The number of ether oxygens (including phenoxy) is 2. The molecule has 1 heterocycles. The van der Waals surface area contributed by atoms with Crippen LogP contribution in [0, 0.1) is 5.92 Å². The molecule has 0 saturated carbocycles.